The van der Waals surface area contributed by atoms with Gasteiger partial charge in [-0.15, -0.1) is 11.3 Å². The molecule has 1 aliphatic heterocycles. The normalized spacial score (nSPS) is 37.3. The quantitative estimate of drug-likeness (QED) is 0.681. The Balaban J connectivity index is 1.46. The molecule has 1 amide bonds. The molecule has 1 aromatic rings. The minimum Gasteiger partial charge on any atom is -0.374 e. The van der Waals surface area contributed by atoms with Gasteiger partial charge in [0.15, 0.2) is 5.60 Å². The molecule has 4 nitrogen and oxygen atoms in total. The second-order valence-electron chi connectivity index (χ2n) is 11.1. The SMILES string of the molecule is Cc1ccc(C(O)(C(=O)NCC2(C)CCNCC2)C23CC4CC(CC(C4)C2)C3)s1. The molecule has 1 aromatic heterocycles. The van der Waals surface area contributed by atoms with Crippen molar-refractivity contribution in [1.29, 1.82) is 0 Å². The summed E-state index contributed by atoms with van der Waals surface area (Å²) in [6.45, 7) is 7.02. The van der Waals surface area contributed by atoms with Gasteiger partial charge in [0.25, 0.3) is 5.91 Å². The molecule has 0 aromatic carbocycles. The Morgan fingerprint density at radius 3 is 2.28 bits per heavy atom. The number of hydrogen-bond donors (Lipinski definition) is 3. The molecule has 0 radical (unpaired) electrons. The van der Waals surface area contributed by atoms with Crippen LogP contribution in [0, 0.1) is 35.5 Å². The summed E-state index contributed by atoms with van der Waals surface area (Å²) < 4.78 is 0. The maximum absolute atomic E-state index is 13.8. The van der Waals surface area contributed by atoms with E-state index in [2.05, 4.69) is 30.5 Å². The zero-order valence-electron chi connectivity index (χ0n) is 17.9. The van der Waals surface area contributed by atoms with Crippen LogP contribution in [0.5, 0.6) is 0 Å². The van der Waals surface area contributed by atoms with Crippen molar-refractivity contribution in [1.82, 2.24) is 10.6 Å². The Kier molecular flexibility index (Phi) is 4.88. The van der Waals surface area contributed by atoms with Crippen molar-refractivity contribution in [2.45, 2.75) is 70.8 Å². The number of carbonyl (C=O) groups excluding carboxylic acids is 1. The van der Waals surface area contributed by atoms with Crippen molar-refractivity contribution >= 4 is 17.2 Å². The van der Waals surface area contributed by atoms with Crippen molar-refractivity contribution in [2.75, 3.05) is 19.6 Å². The van der Waals surface area contributed by atoms with Crippen molar-refractivity contribution in [3.05, 3.63) is 21.9 Å². The summed E-state index contributed by atoms with van der Waals surface area (Å²) in [5, 5.41) is 19.0. The molecule has 2 heterocycles. The first kappa shape index (κ1) is 20.0. The molecule has 5 aliphatic rings. The fraction of sp³-hybridized carbons (Fsp3) is 0.792. The van der Waals surface area contributed by atoms with E-state index in [1.165, 1.54) is 24.1 Å². The number of thiophene rings is 1. The molecule has 6 rings (SSSR count). The van der Waals surface area contributed by atoms with E-state index in [9.17, 15) is 9.90 Å². The molecule has 29 heavy (non-hydrogen) atoms. The molecule has 0 spiro atoms. The third-order valence-electron chi connectivity index (χ3n) is 8.72. The van der Waals surface area contributed by atoms with Gasteiger partial charge in [-0.1, -0.05) is 6.92 Å². The Labute approximate surface area is 178 Å². The van der Waals surface area contributed by atoms with Crippen molar-refractivity contribution in [2.24, 2.45) is 28.6 Å². The van der Waals surface area contributed by atoms with Gasteiger partial charge >= 0.3 is 0 Å². The first-order valence-corrected chi connectivity index (χ1v) is 12.4. The maximum atomic E-state index is 13.8. The van der Waals surface area contributed by atoms with Gasteiger partial charge in [0.05, 0.1) is 0 Å². The first-order valence-electron chi connectivity index (χ1n) is 11.6. The van der Waals surface area contributed by atoms with Gasteiger partial charge in [-0.05, 0) is 107 Å². The predicted octanol–water partition coefficient (Wildman–Crippen LogP) is 3.97. The Morgan fingerprint density at radius 2 is 1.76 bits per heavy atom. The number of aryl methyl sites for hydroxylation is 1. The lowest BCUT2D eigenvalue weighted by atomic mass is 9.45. The van der Waals surface area contributed by atoms with E-state index in [1.807, 2.05) is 6.07 Å². The van der Waals surface area contributed by atoms with Crippen LogP contribution >= 0.6 is 11.3 Å². The highest BCUT2D eigenvalue weighted by Crippen LogP contribution is 2.66. The van der Waals surface area contributed by atoms with Crippen molar-refractivity contribution in [3.63, 3.8) is 0 Å². The van der Waals surface area contributed by atoms with E-state index in [1.54, 1.807) is 11.3 Å². The summed E-state index contributed by atoms with van der Waals surface area (Å²) in [6, 6.07) is 4.08. The Morgan fingerprint density at radius 1 is 1.17 bits per heavy atom. The third kappa shape index (κ3) is 3.28. The molecule has 5 heteroatoms. The van der Waals surface area contributed by atoms with Crippen LogP contribution in [-0.4, -0.2) is 30.6 Å². The van der Waals surface area contributed by atoms with Gasteiger partial charge in [-0.2, -0.15) is 0 Å². The molecule has 1 saturated heterocycles. The zero-order chi connectivity index (χ0) is 20.3. The number of nitrogens with one attached hydrogen (secondary N) is 2. The van der Waals surface area contributed by atoms with Crippen LogP contribution in [0.2, 0.25) is 0 Å². The van der Waals surface area contributed by atoms with Gasteiger partial charge < -0.3 is 15.7 Å². The van der Waals surface area contributed by atoms with E-state index in [4.69, 9.17) is 0 Å². The number of carbonyl (C=O) groups is 1. The molecule has 1 unspecified atom stereocenters. The van der Waals surface area contributed by atoms with Gasteiger partial charge in [-0.3, -0.25) is 4.79 Å². The molecule has 4 bridgehead atoms. The molecule has 160 valence electrons. The predicted molar refractivity (Wildman–Crippen MR) is 117 cm³/mol. The standard InChI is InChI=1S/C24H36N2O2S/c1-16-3-4-20(29-16)24(28,21(27)26-15-22(2)5-7-25-8-6-22)23-12-17-9-18(13-23)11-19(10-17)14-23/h3-4,17-19,25,28H,5-15H2,1-2H3,(H,26,27). The van der Waals surface area contributed by atoms with E-state index in [0.717, 1.165) is 50.1 Å². The van der Waals surface area contributed by atoms with Crippen molar-refractivity contribution < 1.29 is 9.90 Å². The molecular formula is C24H36N2O2S. The second-order valence-corrected chi connectivity index (χ2v) is 12.3. The second kappa shape index (κ2) is 7.06. The van der Waals surface area contributed by atoms with Gasteiger partial charge in [0.1, 0.15) is 0 Å². The summed E-state index contributed by atoms with van der Waals surface area (Å²) in [4.78, 5) is 15.8. The average molecular weight is 417 g/mol. The maximum Gasteiger partial charge on any atom is 0.258 e. The Hall–Kier alpha value is -0.910. The highest BCUT2D eigenvalue weighted by Gasteiger charge is 2.64. The van der Waals surface area contributed by atoms with Gasteiger partial charge in [0.2, 0.25) is 0 Å². The van der Waals surface area contributed by atoms with Crippen LogP contribution in [0.1, 0.15) is 68.0 Å². The fourth-order valence-electron chi connectivity index (χ4n) is 7.43. The van der Waals surface area contributed by atoms with Crippen LogP contribution < -0.4 is 10.6 Å². The van der Waals surface area contributed by atoms with Crippen molar-refractivity contribution in [3.8, 4) is 0 Å². The highest BCUT2D eigenvalue weighted by atomic mass is 32.1. The fourth-order valence-corrected chi connectivity index (χ4v) is 8.50. The number of aliphatic hydroxyl groups is 1. The largest absolute Gasteiger partial charge is 0.374 e. The average Bonchev–Trinajstić information content (AvgIpc) is 3.11. The van der Waals surface area contributed by atoms with Crippen LogP contribution in [-0.2, 0) is 10.4 Å². The summed E-state index contributed by atoms with van der Waals surface area (Å²) in [5.74, 6) is 1.96. The number of hydrogen-bond acceptors (Lipinski definition) is 4. The first-order chi connectivity index (χ1) is 13.8. The number of rotatable bonds is 5. The summed E-state index contributed by atoms with van der Waals surface area (Å²) >= 11 is 1.61. The summed E-state index contributed by atoms with van der Waals surface area (Å²) in [6.07, 6.45) is 9.12. The number of amides is 1. The van der Waals surface area contributed by atoms with E-state index >= 15 is 0 Å². The smallest absolute Gasteiger partial charge is 0.258 e. The lowest BCUT2D eigenvalue weighted by Crippen LogP contribution is -2.62. The van der Waals surface area contributed by atoms with Gasteiger partial charge in [-0.25, -0.2) is 0 Å². The monoisotopic (exact) mass is 416 g/mol. The zero-order valence-corrected chi connectivity index (χ0v) is 18.7. The van der Waals surface area contributed by atoms with E-state index < -0.39 is 5.60 Å². The van der Waals surface area contributed by atoms with E-state index in [0.29, 0.717) is 24.3 Å². The van der Waals surface area contributed by atoms with Crippen LogP contribution in [0.4, 0.5) is 0 Å². The lowest BCUT2D eigenvalue weighted by Gasteiger charge is -2.61. The topological polar surface area (TPSA) is 61.4 Å². The van der Waals surface area contributed by atoms with Crippen LogP contribution in [0.25, 0.3) is 0 Å². The molecular weight excluding hydrogens is 380 g/mol. The highest BCUT2D eigenvalue weighted by molar-refractivity contribution is 7.12. The Bertz CT molecular complexity index is 746. The van der Waals surface area contributed by atoms with E-state index in [-0.39, 0.29) is 16.7 Å². The minimum absolute atomic E-state index is 0.120. The molecule has 1 atom stereocenters. The third-order valence-corrected chi connectivity index (χ3v) is 9.83. The molecule has 3 N–H and O–H groups in total. The van der Waals surface area contributed by atoms with Crippen LogP contribution in [0.15, 0.2) is 12.1 Å². The summed E-state index contributed by atoms with van der Waals surface area (Å²) in [5.41, 5.74) is -1.54. The van der Waals surface area contributed by atoms with Gasteiger partial charge in [0, 0.05) is 21.7 Å². The van der Waals surface area contributed by atoms with Crippen LogP contribution in [0.3, 0.4) is 0 Å². The molecule has 5 fully saturated rings. The molecule has 4 saturated carbocycles. The number of piperidine rings is 1. The minimum atomic E-state index is -1.38. The molecule has 4 aliphatic carbocycles. The summed E-state index contributed by atoms with van der Waals surface area (Å²) in [7, 11) is 0. The lowest BCUT2D eigenvalue weighted by molar-refractivity contribution is -0.193.